The molecule has 1 aromatic heterocycles. The van der Waals surface area contributed by atoms with Crippen molar-refractivity contribution in [1.82, 2.24) is 4.90 Å². The molecule has 0 saturated carbocycles. The van der Waals surface area contributed by atoms with Gasteiger partial charge in [-0.05, 0) is 41.3 Å². The van der Waals surface area contributed by atoms with Gasteiger partial charge >= 0.3 is 0 Å². The van der Waals surface area contributed by atoms with Crippen LogP contribution in [0.5, 0.6) is 0 Å². The van der Waals surface area contributed by atoms with Gasteiger partial charge in [-0.25, -0.2) is 0 Å². The first-order chi connectivity index (χ1) is 12.4. The van der Waals surface area contributed by atoms with Crippen molar-refractivity contribution in [2.45, 2.75) is 33.1 Å². The Morgan fingerprint density at radius 1 is 1.23 bits per heavy atom. The summed E-state index contributed by atoms with van der Waals surface area (Å²) < 4.78 is 0. The lowest BCUT2D eigenvalue weighted by Crippen LogP contribution is -2.42. The number of nitrogens with two attached hydrogens (primary N) is 1. The van der Waals surface area contributed by atoms with Crippen molar-refractivity contribution in [3.8, 4) is 10.4 Å². The van der Waals surface area contributed by atoms with Gasteiger partial charge in [0.15, 0.2) is 0 Å². The number of amides is 2. The summed E-state index contributed by atoms with van der Waals surface area (Å²) in [5.74, 6) is 0.131. The topological polar surface area (TPSA) is 63.4 Å². The predicted molar refractivity (Wildman–Crippen MR) is 106 cm³/mol. The van der Waals surface area contributed by atoms with E-state index in [1.165, 1.54) is 10.4 Å². The van der Waals surface area contributed by atoms with Crippen molar-refractivity contribution in [1.29, 1.82) is 0 Å². The highest BCUT2D eigenvalue weighted by Crippen LogP contribution is 2.35. The van der Waals surface area contributed by atoms with Crippen LogP contribution in [0.25, 0.3) is 10.4 Å². The summed E-state index contributed by atoms with van der Waals surface area (Å²) in [6, 6.07) is 12.5. The van der Waals surface area contributed by atoms with Crippen LogP contribution in [0.1, 0.15) is 32.3 Å². The minimum Gasteiger partial charge on any atom is -0.369 e. The van der Waals surface area contributed by atoms with E-state index in [0.717, 1.165) is 5.56 Å². The SMILES string of the molecule is CC(C)CC(=O)N1CC[C@](Cc2ccc(-c3cccs3)cc2)(C(N)=O)C1. The van der Waals surface area contributed by atoms with Gasteiger partial charge in [0.05, 0.1) is 5.41 Å². The number of likely N-dealkylation sites (tertiary alicyclic amines) is 1. The lowest BCUT2D eigenvalue weighted by molar-refractivity contribution is -0.132. The van der Waals surface area contributed by atoms with Crippen LogP contribution in [0.4, 0.5) is 0 Å². The molecule has 4 nitrogen and oxygen atoms in total. The zero-order valence-corrected chi connectivity index (χ0v) is 16.2. The molecule has 1 aliphatic rings. The van der Waals surface area contributed by atoms with Crippen molar-refractivity contribution in [2.24, 2.45) is 17.1 Å². The minimum absolute atomic E-state index is 0.121. The van der Waals surface area contributed by atoms with E-state index in [1.54, 1.807) is 11.3 Å². The Morgan fingerprint density at radius 2 is 1.96 bits per heavy atom. The molecule has 1 atom stereocenters. The van der Waals surface area contributed by atoms with Crippen molar-refractivity contribution in [2.75, 3.05) is 13.1 Å². The second kappa shape index (κ2) is 7.62. The predicted octanol–water partition coefficient (Wildman–Crippen LogP) is 3.71. The van der Waals surface area contributed by atoms with E-state index < -0.39 is 5.41 Å². The Kier molecular flexibility index (Phi) is 5.47. The third kappa shape index (κ3) is 3.98. The van der Waals surface area contributed by atoms with Crippen molar-refractivity contribution in [3.05, 3.63) is 47.3 Å². The molecule has 0 radical (unpaired) electrons. The number of primary amides is 1. The third-order valence-corrected chi connectivity index (χ3v) is 6.03. The van der Waals surface area contributed by atoms with E-state index in [4.69, 9.17) is 5.73 Å². The lowest BCUT2D eigenvalue weighted by atomic mass is 9.80. The standard InChI is InChI=1S/C21H26N2O2S/c1-15(2)12-19(24)23-10-9-21(14-23,20(22)25)13-16-5-7-17(8-6-16)18-4-3-11-26-18/h3-8,11,15H,9-10,12-14H2,1-2H3,(H2,22,25)/t21-/m1/s1. The average Bonchev–Trinajstić information content (AvgIpc) is 3.25. The van der Waals surface area contributed by atoms with Crippen LogP contribution in [0, 0.1) is 11.3 Å². The average molecular weight is 371 g/mol. The Morgan fingerprint density at radius 3 is 2.54 bits per heavy atom. The molecule has 2 N–H and O–H groups in total. The second-order valence-electron chi connectivity index (χ2n) is 7.66. The molecule has 0 unspecified atom stereocenters. The third-order valence-electron chi connectivity index (χ3n) is 5.11. The number of hydrogen-bond donors (Lipinski definition) is 1. The molecule has 2 aromatic rings. The van der Waals surface area contributed by atoms with Gasteiger partial charge in [0.1, 0.15) is 0 Å². The van der Waals surface area contributed by atoms with E-state index in [0.29, 0.717) is 38.3 Å². The van der Waals surface area contributed by atoms with E-state index >= 15 is 0 Å². The van der Waals surface area contributed by atoms with E-state index in [1.807, 2.05) is 24.8 Å². The highest BCUT2D eigenvalue weighted by atomic mass is 32.1. The normalized spacial score (nSPS) is 19.9. The highest BCUT2D eigenvalue weighted by molar-refractivity contribution is 7.13. The Labute approximate surface area is 159 Å². The summed E-state index contributed by atoms with van der Waals surface area (Å²) in [6.45, 7) is 5.11. The minimum atomic E-state index is -0.656. The first-order valence-electron chi connectivity index (χ1n) is 9.10. The van der Waals surface area contributed by atoms with Crippen LogP contribution in [0.3, 0.4) is 0 Å². The zero-order valence-electron chi connectivity index (χ0n) is 15.4. The smallest absolute Gasteiger partial charge is 0.225 e. The van der Waals surface area contributed by atoms with Crippen LogP contribution in [0.15, 0.2) is 41.8 Å². The van der Waals surface area contributed by atoms with Gasteiger partial charge < -0.3 is 10.6 Å². The van der Waals surface area contributed by atoms with Crippen LogP contribution in [-0.2, 0) is 16.0 Å². The van der Waals surface area contributed by atoms with Gasteiger partial charge in [-0.3, -0.25) is 9.59 Å². The molecule has 0 spiro atoms. The molecule has 1 aliphatic heterocycles. The summed E-state index contributed by atoms with van der Waals surface area (Å²) in [7, 11) is 0. The lowest BCUT2D eigenvalue weighted by Gasteiger charge is -2.26. The van der Waals surface area contributed by atoms with Crippen molar-refractivity contribution >= 4 is 23.2 Å². The van der Waals surface area contributed by atoms with E-state index in [9.17, 15) is 9.59 Å². The summed E-state index contributed by atoms with van der Waals surface area (Å²) in [6.07, 6.45) is 1.74. The molecule has 138 valence electrons. The molecule has 0 aliphatic carbocycles. The molecule has 26 heavy (non-hydrogen) atoms. The second-order valence-corrected chi connectivity index (χ2v) is 8.61. The summed E-state index contributed by atoms with van der Waals surface area (Å²) in [5.41, 5.74) is 7.38. The summed E-state index contributed by atoms with van der Waals surface area (Å²) >= 11 is 1.71. The fraction of sp³-hybridized carbons (Fsp3) is 0.429. The first-order valence-corrected chi connectivity index (χ1v) is 9.98. The molecule has 1 fully saturated rings. The van der Waals surface area contributed by atoms with Crippen molar-refractivity contribution < 1.29 is 9.59 Å². The summed E-state index contributed by atoms with van der Waals surface area (Å²) in [5, 5.41) is 2.06. The number of nitrogens with zero attached hydrogens (tertiary/aromatic N) is 1. The number of hydrogen-bond acceptors (Lipinski definition) is 3. The fourth-order valence-corrected chi connectivity index (χ4v) is 4.35. The van der Waals surface area contributed by atoms with Gasteiger partial charge in [0.2, 0.25) is 11.8 Å². The number of benzene rings is 1. The summed E-state index contributed by atoms with van der Waals surface area (Å²) in [4.78, 5) is 27.7. The Hall–Kier alpha value is -2.14. The molecular weight excluding hydrogens is 344 g/mol. The molecule has 1 aromatic carbocycles. The van der Waals surface area contributed by atoms with Gasteiger partial charge in [-0.2, -0.15) is 0 Å². The molecule has 2 heterocycles. The van der Waals surface area contributed by atoms with Gasteiger partial charge in [-0.15, -0.1) is 11.3 Å². The van der Waals surface area contributed by atoms with Crippen LogP contribution >= 0.6 is 11.3 Å². The van der Waals surface area contributed by atoms with Gasteiger partial charge in [0, 0.05) is 24.4 Å². The maximum atomic E-state index is 12.4. The Balaban J connectivity index is 1.73. The fourth-order valence-electron chi connectivity index (χ4n) is 3.62. The molecular formula is C21H26N2O2S. The Bertz CT molecular complexity index is 768. The first kappa shape index (κ1) is 18.6. The maximum absolute atomic E-state index is 12.4. The van der Waals surface area contributed by atoms with Crippen LogP contribution in [-0.4, -0.2) is 29.8 Å². The molecule has 2 amide bonds. The largest absolute Gasteiger partial charge is 0.369 e. The number of thiophene rings is 1. The number of carbonyl (C=O) groups excluding carboxylic acids is 2. The molecule has 3 rings (SSSR count). The van der Waals surface area contributed by atoms with Gasteiger partial charge in [-0.1, -0.05) is 44.2 Å². The van der Waals surface area contributed by atoms with Crippen molar-refractivity contribution in [3.63, 3.8) is 0 Å². The van der Waals surface area contributed by atoms with Gasteiger partial charge in [0.25, 0.3) is 0 Å². The highest BCUT2D eigenvalue weighted by Gasteiger charge is 2.44. The number of carbonyl (C=O) groups is 2. The molecule has 1 saturated heterocycles. The monoisotopic (exact) mass is 370 g/mol. The maximum Gasteiger partial charge on any atom is 0.225 e. The van der Waals surface area contributed by atoms with Crippen LogP contribution < -0.4 is 5.73 Å². The van der Waals surface area contributed by atoms with Crippen LogP contribution in [0.2, 0.25) is 0 Å². The van der Waals surface area contributed by atoms with E-state index in [-0.39, 0.29) is 11.8 Å². The van der Waals surface area contributed by atoms with E-state index in [2.05, 4.69) is 35.7 Å². The molecule has 5 heteroatoms. The number of rotatable bonds is 6. The zero-order chi connectivity index (χ0) is 18.7. The quantitative estimate of drug-likeness (QED) is 0.842. The molecule has 0 bridgehead atoms.